The highest BCUT2D eigenvalue weighted by Gasteiger charge is 2.20. The van der Waals surface area contributed by atoms with Gasteiger partial charge < -0.3 is 5.11 Å². The molecule has 0 radical (unpaired) electrons. The van der Waals surface area contributed by atoms with Crippen LogP contribution < -0.4 is 4.90 Å². The molecule has 4 nitrogen and oxygen atoms in total. The van der Waals surface area contributed by atoms with Crippen molar-refractivity contribution in [1.82, 2.24) is 0 Å². The Morgan fingerprint density at radius 1 is 1.10 bits per heavy atom. The summed E-state index contributed by atoms with van der Waals surface area (Å²) in [6.45, 7) is 0. The van der Waals surface area contributed by atoms with Crippen molar-refractivity contribution in [3.05, 3.63) is 59.1 Å². The molecule has 0 aliphatic heterocycles. The first-order valence-corrected chi connectivity index (χ1v) is 6.48. The van der Waals surface area contributed by atoms with Gasteiger partial charge in [0.1, 0.15) is 5.75 Å². The summed E-state index contributed by atoms with van der Waals surface area (Å²) < 4.78 is 0. The second-order valence-electron chi connectivity index (χ2n) is 3.99. The van der Waals surface area contributed by atoms with Crippen LogP contribution in [0.2, 0.25) is 5.02 Å². The van der Waals surface area contributed by atoms with Crippen LogP contribution in [-0.4, -0.2) is 16.2 Å². The number of amides is 1. The summed E-state index contributed by atoms with van der Waals surface area (Å²) in [6, 6.07) is 12.3. The second kappa shape index (κ2) is 5.98. The average molecular weight is 307 g/mol. The topological polar surface area (TPSA) is 64.4 Å². The van der Waals surface area contributed by atoms with Crippen LogP contribution in [0.1, 0.15) is 10.4 Å². The largest absolute Gasteiger partial charge is 0.508 e. The molecule has 102 valence electrons. The third kappa shape index (κ3) is 3.12. The van der Waals surface area contributed by atoms with Crippen molar-refractivity contribution < 1.29 is 9.90 Å². The Labute approximate surface area is 126 Å². The minimum absolute atomic E-state index is 0.0818. The molecule has 20 heavy (non-hydrogen) atoms. The molecule has 0 bridgehead atoms. The number of thiol groups is 1. The molecule has 2 aromatic carbocycles. The van der Waals surface area contributed by atoms with E-state index in [0.717, 1.165) is 4.90 Å². The Morgan fingerprint density at radius 2 is 1.65 bits per heavy atom. The van der Waals surface area contributed by atoms with E-state index in [1.54, 1.807) is 24.3 Å². The van der Waals surface area contributed by atoms with Gasteiger partial charge >= 0.3 is 0 Å². The van der Waals surface area contributed by atoms with Gasteiger partial charge in [0, 0.05) is 10.6 Å². The molecule has 0 aliphatic rings. The summed E-state index contributed by atoms with van der Waals surface area (Å²) in [4.78, 5) is 13.5. The molecule has 2 aromatic rings. The van der Waals surface area contributed by atoms with Crippen LogP contribution in [0.25, 0.3) is 0 Å². The third-order valence-electron chi connectivity index (χ3n) is 2.61. The fraction of sp³-hybridized carbons (Fsp3) is 0. The SMILES string of the molecule is N=C(S)N(C(=O)c1ccc(Cl)cc1)c1ccc(O)cc1. The van der Waals surface area contributed by atoms with Gasteiger partial charge in [0.05, 0.1) is 5.69 Å². The molecule has 6 heteroatoms. The van der Waals surface area contributed by atoms with Crippen molar-refractivity contribution in [2.75, 3.05) is 4.90 Å². The molecule has 0 fully saturated rings. The summed E-state index contributed by atoms with van der Waals surface area (Å²) in [5, 5.41) is 17.2. The zero-order valence-electron chi connectivity index (χ0n) is 10.2. The van der Waals surface area contributed by atoms with Crippen molar-refractivity contribution in [2.24, 2.45) is 0 Å². The van der Waals surface area contributed by atoms with Gasteiger partial charge in [0.2, 0.25) is 0 Å². The Morgan fingerprint density at radius 3 is 2.15 bits per heavy atom. The van der Waals surface area contributed by atoms with Crippen molar-refractivity contribution in [3.63, 3.8) is 0 Å². The van der Waals surface area contributed by atoms with E-state index in [9.17, 15) is 9.90 Å². The van der Waals surface area contributed by atoms with Crippen LogP contribution in [-0.2, 0) is 0 Å². The van der Waals surface area contributed by atoms with Gasteiger partial charge in [-0.2, -0.15) is 0 Å². The van der Waals surface area contributed by atoms with Gasteiger partial charge in [0.25, 0.3) is 5.91 Å². The summed E-state index contributed by atoms with van der Waals surface area (Å²) in [5.74, 6) is -0.314. The number of nitrogens with one attached hydrogen (secondary N) is 1. The van der Waals surface area contributed by atoms with Crippen LogP contribution in [0.15, 0.2) is 48.5 Å². The van der Waals surface area contributed by atoms with Crippen molar-refractivity contribution in [1.29, 1.82) is 5.41 Å². The fourth-order valence-electron chi connectivity index (χ4n) is 1.66. The maximum Gasteiger partial charge on any atom is 0.264 e. The maximum atomic E-state index is 12.4. The summed E-state index contributed by atoms with van der Waals surface area (Å²) in [6.07, 6.45) is 0. The number of anilines is 1. The van der Waals surface area contributed by atoms with Gasteiger partial charge in [-0.15, -0.1) is 12.6 Å². The lowest BCUT2D eigenvalue weighted by Crippen LogP contribution is -2.33. The first-order chi connectivity index (χ1) is 9.49. The lowest BCUT2D eigenvalue weighted by Gasteiger charge is -2.20. The number of amidine groups is 1. The summed E-state index contributed by atoms with van der Waals surface area (Å²) in [5.41, 5.74) is 0.837. The lowest BCUT2D eigenvalue weighted by atomic mass is 10.2. The first-order valence-electron chi connectivity index (χ1n) is 5.65. The molecular weight excluding hydrogens is 296 g/mol. The van der Waals surface area contributed by atoms with E-state index >= 15 is 0 Å². The quantitative estimate of drug-likeness (QED) is 0.451. The number of hydrogen-bond acceptors (Lipinski definition) is 3. The smallest absolute Gasteiger partial charge is 0.264 e. The summed E-state index contributed by atoms with van der Waals surface area (Å²) in [7, 11) is 0. The van der Waals surface area contributed by atoms with Gasteiger partial charge in [0.15, 0.2) is 5.17 Å². The molecule has 0 saturated heterocycles. The van der Waals surface area contributed by atoms with E-state index in [1.807, 2.05) is 0 Å². The Kier molecular flexibility index (Phi) is 4.32. The Balaban J connectivity index is 2.38. The van der Waals surface area contributed by atoms with E-state index in [1.165, 1.54) is 24.3 Å². The van der Waals surface area contributed by atoms with Crippen LogP contribution in [0.5, 0.6) is 5.75 Å². The zero-order chi connectivity index (χ0) is 14.7. The standard InChI is InChI=1S/C14H11ClN2O2S/c15-10-3-1-9(2-4-10)13(19)17(14(16)20)11-5-7-12(18)8-6-11/h1-8,18H,(H2,16,20). The molecule has 0 atom stereocenters. The third-order valence-corrected chi connectivity index (χ3v) is 3.07. The van der Waals surface area contributed by atoms with Crippen LogP contribution in [0, 0.1) is 5.41 Å². The normalized spacial score (nSPS) is 10.1. The van der Waals surface area contributed by atoms with E-state index in [4.69, 9.17) is 17.0 Å². The number of rotatable bonds is 2. The van der Waals surface area contributed by atoms with Crippen molar-refractivity contribution >= 4 is 41.0 Å². The average Bonchev–Trinajstić information content (AvgIpc) is 2.41. The highest BCUT2D eigenvalue weighted by atomic mass is 35.5. The molecule has 1 amide bonds. The number of phenols is 1. The minimum atomic E-state index is -0.396. The Hall–Kier alpha value is -1.98. The number of halogens is 1. The van der Waals surface area contributed by atoms with Crippen LogP contribution in [0.3, 0.4) is 0 Å². The van der Waals surface area contributed by atoms with E-state index in [0.29, 0.717) is 16.3 Å². The van der Waals surface area contributed by atoms with E-state index < -0.39 is 5.91 Å². The molecule has 0 saturated carbocycles. The fourth-order valence-corrected chi connectivity index (χ4v) is 1.99. The zero-order valence-corrected chi connectivity index (χ0v) is 11.9. The highest BCUT2D eigenvalue weighted by Crippen LogP contribution is 2.22. The molecular formula is C14H11ClN2O2S. The molecule has 0 spiro atoms. The molecule has 0 heterocycles. The van der Waals surface area contributed by atoms with Gasteiger partial charge in [-0.25, -0.2) is 0 Å². The summed E-state index contributed by atoms with van der Waals surface area (Å²) >= 11 is 9.72. The monoisotopic (exact) mass is 306 g/mol. The predicted molar refractivity (Wildman–Crippen MR) is 83.1 cm³/mol. The van der Waals surface area contributed by atoms with Gasteiger partial charge in [-0.3, -0.25) is 15.1 Å². The van der Waals surface area contributed by atoms with Gasteiger partial charge in [-0.1, -0.05) is 11.6 Å². The maximum absolute atomic E-state index is 12.4. The molecule has 2 N–H and O–H groups in total. The number of carbonyl (C=O) groups is 1. The number of phenolic OH excluding ortho intramolecular Hbond substituents is 1. The predicted octanol–water partition coefficient (Wildman–Crippen LogP) is 3.56. The van der Waals surface area contributed by atoms with E-state index in [2.05, 4.69) is 12.6 Å². The molecule has 2 rings (SSSR count). The number of aromatic hydroxyl groups is 1. The van der Waals surface area contributed by atoms with Crippen molar-refractivity contribution in [3.8, 4) is 5.75 Å². The Bertz CT molecular complexity index is 641. The number of benzene rings is 2. The molecule has 0 aliphatic carbocycles. The highest BCUT2D eigenvalue weighted by molar-refractivity contribution is 7.97. The van der Waals surface area contributed by atoms with Crippen molar-refractivity contribution in [2.45, 2.75) is 0 Å². The van der Waals surface area contributed by atoms with Crippen LogP contribution in [0.4, 0.5) is 5.69 Å². The number of carbonyl (C=O) groups excluding carboxylic acids is 1. The van der Waals surface area contributed by atoms with Crippen LogP contribution >= 0.6 is 24.2 Å². The first kappa shape index (κ1) is 14.4. The van der Waals surface area contributed by atoms with E-state index in [-0.39, 0.29) is 10.9 Å². The minimum Gasteiger partial charge on any atom is -0.508 e. The number of nitrogens with zero attached hydrogens (tertiary/aromatic N) is 1. The number of hydrogen-bond donors (Lipinski definition) is 3. The van der Waals surface area contributed by atoms with Gasteiger partial charge in [-0.05, 0) is 48.5 Å². The second-order valence-corrected chi connectivity index (χ2v) is 4.85. The molecule has 0 aromatic heterocycles. The lowest BCUT2D eigenvalue weighted by molar-refractivity contribution is 0.100. The molecule has 0 unspecified atom stereocenters.